The van der Waals surface area contributed by atoms with E-state index < -0.39 is 10.0 Å². The van der Waals surface area contributed by atoms with Crippen LogP contribution in [0.1, 0.15) is 0 Å². The number of ether oxygens (including phenoxy) is 1. The Labute approximate surface area is 167 Å². The molecule has 0 saturated carbocycles. The van der Waals surface area contributed by atoms with E-state index >= 15 is 0 Å². The molecule has 0 aliphatic heterocycles. The van der Waals surface area contributed by atoms with Crippen LogP contribution < -0.4 is 15.2 Å². The van der Waals surface area contributed by atoms with Gasteiger partial charge in [0.2, 0.25) is 16.0 Å². The Bertz CT molecular complexity index is 1290. The standard InChI is InChI=1S/C20H17N5O3S/c1-28-17-8-15(10-22-12-17)13-2-3-14-11-23-20(25-19(14)9-13)24-16-4-6-18(7-5-16)29(21,26)27/h2-12H,1H3,(H2,21,26,27)(H,23,24,25). The van der Waals surface area contributed by atoms with E-state index in [1.54, 1.807) is 37.8 Å². The first-order chi connectivity index (χ1) is 13.9. The Morgan fingerprint density at radius 2 is 1.76 bits per heavy atom. The van der Waals surface area contributed by atoms with Crippen LogP contribution in [0.3, 0.4) is 0 Å². The summed E-state index contributed by atoms with van der Waals surface area (Å²) in [6, 6.07) is 13.8. The summed E-state index contributed by atoms with van der Waals surface area (Å²) in [6.45, 7) is 0. The minimum Gasteiger partial charge on any atom is -0.495 e. The second-order valence-corrected chi connectivity index (χ2v) is 7.84. The monoisotopic (exact) mass is 407 g/mol. The summed E-state index contributed by atoms with van der Waals surface area (Å²) < 4.78 is 28.0. The molecular weight excluding hydrogens is 390 g/mol. The zero-order chi connectivity index (χ0) is 20.4. The van der Waals surface area contributed by atoms with Gasteiger partial charge in [-0.25, -0.2) is 23.5 Å². The number of hydrogen-bond donors (Lipinski definition) is 2. The minimum atomic E-state index is -3.73. The van der Waals surface area contributed by atoms with Crippen molar-refractivity contribution in [2.75, 3.05) is 12.4 Å². The Morgan fingerprint density at radius 3 is 2.48 bits per heavy atom. The maximum atomic E-state index is 11.4. The van der Waals surface area contributed by atoms with Gasteiger partial charge in [-0.1, -0.05) is 12.1 Å². The molecular formula is C20H17N5O3S. The van der Waals surface area contributed by atoms with E-state index in [-0.39, 0.29) is 4.90 Å². The van der Waals surface area contributed by atoms with Crippen LogP contribution >= 0.6 is 0 Å². The maximum Gasteiger partial charge on any atom is 0.238 e. The zero-order valence-corrected chi connectivity index (χ0v) is 16.2. The molecule has 8 nitrogen and oxygen atoms in total. The number of nitrogens with one attached hydrogen (secondary N) is 1. The van der Waals surface area contributed by atoms with Crippen LogP contribution in [0, 0.1) is 0 Å². The lowest BCUT2D eigenvalue weighted by Crippen LogP contribution is -2.11. The fourth-order valence-electron chi connectivity index (χ4n) is 2.81. The molecule has 0 spiro atoms. The van der Waals surface area contributed by atoms with E-state index in [0.717, 1.165) is 22.0 Å². The van der Waals surface area contributed by atoms with Crippen molar-refractivity contribution in [1.29, 1.82) is 0 Å². The van der Waals surface area contributed by atoms with E-state index in [1.807, 2.05) is 24.3 Å². The molecule has 0 unspecified atom stereocenters. The summed E-state index contributed by atoms with van der Waals surface area (Å²) in [5, 5.41) is 9.07. The largest absolute Gasteiger partial charge is 0.495 e. The summed E-state index contributed by atoms with van der Waals surface area (Å²) in [5.41, 5.74) is 3.26. The van der Waals surface area contributed by atoms with Crippen LogP contribution in [-0.2, 0) is 10.0 Å². The van der Waals surface area contributed by atoms with E-state index in [4.69, 9.17) is 9.88 Å². The smallest absolute Gasteiger partial charge is 0.238 e. The fourth-order valence-corrected chi connectivity index (χ4v) is 3.32. The Balaban J connectivity index is 1.64. The highest BCUT2D eigenvalue weighted by Gasteiger charge is 2.08. The van der Waals surface area contributed by atoms with Gasteiger partial charge in [0.05, 0.1) is 23.7 Å². The predicted molar refractivity (Wildman–Crippen MR) is 110 cm³/mol. The first kappa shape index (κ1) is 18.8. The molecule has 2 aromatic carbocycles. The van der Waals surface area contributed by atoms with Crippen LogP contribution in [0.2, 0.25) is 0 Å². The highest BCUT2D eigenvalue weighted by molar-refractivity contribution is 7.89. The lowest BCUT2D eigenvalue weighted by molar-refractivity contribution is 0.413. The lowest BCUT2D eigenvalue weighted by Gasteiger charge is -2.08. The van der Waals surface area contributed by atoms with Gasteiger partial charge in [0.15, 0.2) is 0 Å². The van der Waals surface area contributed by atoms with E-state index in [1.165, 1.54) is 12.1 Å². The first-order valence-electron chi connectivity index (χ1n) is 8.58. The third-order valence-corrected chi connectivity index (χ3v) is 5.23. The summed E-state index contributed by atoms with van der Waals surface area (Å²) in [4.78, 5) is 13.1. The topological polar surface area (TPSA) is 120 Å². The number of hydrogen-bond acceptors (Lipinski definition) is 7. The van der Waals surface area contributed by atoms with E-state index in [2.05, 4.69) is 20.3 Å². The zero-order valence-electron chi connectivity index (χ0n) is 15.4. The van der Waals surface area contributed by atoms with Gasteiger partial charge in [-0.15, -0.1) is 0 Å². The van der Waals surface area contributed by atoms with Crippen LogP contribution in [-0.4, -0.2) is 30.5 Å². The molecule has 2 aromatic heterocycles. The van der Waals surface area contributed by atoms with Gasteiger partial charge >= 0.3 is 0 Å². The number of rotatable bonds is 5. The number of sulfonamides is 1. The van der Waals surface area contributed by atoms with Crippen molar-refractivity contribution in [3.63, 3.8) is 0 Å². The Morgan fingerprint density at radius 1 is 0.966 bits per heavy atom. The Kier molecular flexibility index (Phi) is 4.83. The lowest BCUT2D eigenvalue weighted by atomic mass is 10.1. The van der Waals surface area contributed by atoms with Gasteiger partial charge in [0.1, 0.15) is 5.75 Å². The third-order valence-electron chi connectivity index (χ3n) is 4.30. The van der Waals surface area contributed by atoms with Crippen molar-refractivity contribution in [3.8, 4) is 16.9 Å². The summed E-state index contributed by atoms with van der Waals surface area (Å²) >= 11 is 0. The number of nitrogens with zero attached hydrogens (tertiary/aromatic N) is 3. The molecule has 29 heavy (non-hydrogen) atoms. The number of aromatic nitrogens is 3. The molecule has 0 amide bonds. The van der Waals surface area contributed by atoms with Crippen LogP contribution in [0.15, 0.2) is 72.0 Å². The average Bonchev–Trinajstić information content (AvgIpc) is 2.73. The van der Waals surface area contributed by atoms with Crippen LogP contribution in [0.5, 0.6) is 5.75 Å². The van der Waals surface area contributed by atoms with Crippen molar-refractivity contribution in [2.45, 2.75) is 4.90 Å². The predicted octanol–water partition coefficient (Wildman–Crippen LogP) is 3.09. The van der Waals surface area contributed by atoms with Gasteiger partial charge in [0.25, 0.3) is 0 Å². The van der Waals surface area contributed by atoms with Crippen molar-refractivity contribution in [3.05, 3.63) is 67.1 Å². The molecule has 3 N–H and O–H groups in total. The number of primary sulfonamides is 1. The average molecular weight is 407 g/mol. The SMILES string of the molecule is COc1cncc(-c2ccc3cnc(Nc4ccc(S(N)(=O)=O)cc4)nc3c2)c1. The number of benzene rings is 2. The molecule has 0 bridgehead atoms. The highest BCUT2D eigenvalue weighted by atomic mass is 32.2. The molecule has 0 atom stereocenters. The number of pyridine rings is 1. The molecule has 4 aromatic rings. The third kappa shape index (κ3) is 4.15. The van der Waals surface area contributed by atoms with Gasteiger partial charge in [-0.2, -0.15) is 0 Å². The van der Waals surface area contributed by atoms with E-state index in [0.29, 0.717) is 17.4 Å². The molecule has 9 heteroatoms. The second kappa shape index (κ2) is 7.46. The maximum absolute atomic E-state index is 11.4. The number of nitrogens with two attached hydrogens (primary N) is 1. The van der Waals surface area contributed by atoms with Crippen molar-refractivity contribution in [2.24, 2.45) is 5.14 Å². The number of anilines is 2. The van der Waals surface area contributed by atoms with Gasteiger partial charge in [0, 0.05) is 29.0 Å². The quantitative estimate of drug-likeness (QED) is 0.521. The summed E-state index contributed by atoms with van der Waals surface area (Å²) in [6.07, 6.45) is 5.13. The van der Waals surface area contributed by atoms with Gasteiger partial charge in [-0.05, 0) is 42.0 Å². The van der Waals surface area contributed by atoms with Crippen molar-refractivity contribution in [1.82, 2.24) is 15.0 Å². The molecule has 4 rings (SSSR count). The molecule has 2 heterocycles. The van der Waals surface area contributed by atoms with E-state index in [9.17, 15) is 8.42 Å². The van der Waals surface area contributed by atoms with Gasteiger partial charge in [-0.3, -0.25) is 4.98 Å². The second-order valence-electron chi connectivity index (χ2n) is 6.28. The minimum absolute atomic E-state index is 0.0408. The van der Waals surface area contributed by atoms with Crippen molar-refractivity contribution >= 4 is 32.6 Å². The number of methoxy groups -OCH3 is 1. The van der Waals surface area contributed by atoms with Gasteiger partial charge < -0.3 is 10.1 Å². The van der Waals surface area contributed by atoms with Crippen molar-refractivity contribution < 1.29 is 13.2 Å². The first-order valence-corrected chi connectivity index (χ1v) is 10.1. The molecule has 0 saturated heterocycles. The summed E-state index contributed by atoms with van der Waals surface area (Å²) in [5.74, 6) is 1.07. The fraction of sp³-hybridized carbons (Fsp3) is 0.0500. The number of fused-ring (bicyclic) bond motifs is 1. The normalized spacial score (nSPS) is 11.4. The molecule has 0 fully saturated rings. The highest BCUT2D eigenvalue weighted by Crippen LogP contribution is 2.26. The molecule has 146 valence electrons. The van der Waals surface area contributed by atoms with Crippen LogP contribution in [0.25, 0.3) is 22.0 Å². The molecule has 0 aliphatic carbocycles. The molecule has 0 radical (unpaired) electrons. The Hall–Kier alpha value is -3.56. The van der Waals surface area contributed by atoms with Crippen LogP contribution in [0.4, 0.5) is 11.6 Å². The molecule has 0 aliphatic rings. The summed E-state index contributed by atoms with van der Waals surface area (Å²) in [7, 11) is -2.13.